The maximum atomic E-state index is 13.3. The summed E-state index contributed by atoms with van der Waals surface area (Å²) in [5.74, 6) is 0.295. The van der Waals surface area contributed by atoms with Crippen molar-refractivity contribution in [1.29, 1.82) is 0 Å². The van der Waals surface area contributed by atoms with E-state index in [-0.39, 0.29) is 24.1 Å². The summed E-state index contributed by atoms with van der Waals surface area (Å²) in [6.07, 6.45) is 3.02. The molecule has 1 aliphatic rings. The van der Waals surface area contributed by atoms with E-state index >= 15 is 0 Å². The zero-order valence-corrected chi connectivity index (χ0v) is 14.2. The van der Waals surface area contributed by atoms with E-state index in [1.807, 2.05) is 6.26 Å². The Kier molecular flexibility index (Phi) is 7.62. The molecule has 0 unspecified atom stereocenters. The maximum Gasteiger partial charge on any atom is 0.240 e. The number of ether oxygens (including phenoxy) is 1. The first-order valence-corrected chi connectivity index (χ1v) is 8.36. The second-order valence-electron chi connectivity index (χ2n) is 5.30. The molecule has 1 amide bonds. The van der Waals surface area contributed by atoms with Crippen LogP contribution in [0.5, 0.6) is 0 Å². The van der Waals surface area contributed by atoms with E-state index in [9.17, 15) is 9.18 Å². The minimum absolute atomic E-state index is 0. The minimum atomic E-state index is -0.849. The van der Waals surface area contributed by atoms with Crippen LogP contribution < -0.4 is 11.1 Å². The van der Waals surface area contributed by atoms with Crippen LogP contribution in [-0.4, -0.2) is 30.9 Å². The Morgan fingerprint density at radius 2 is 2.09 bits per heavy atom. The molecule has 1 aromatic rings. The molecule has 0 aliphatic carbocycles. The van der Waals surface area contributed by atoms with Gasteiger partial charge >= 0.3 is 0 Å². The van der Waals surface area contributed by atoms with E-state index in [0.717, 1.165) is 11.1 Å². The molecular formula is C15H22ClFN2O2S. The van der Waals surface area contributed by atoms with Crippen molar-refractivity contribution >= 4 is 30.1 Å². The van der Waals surface area contributed by atoms with Crippen molar-refractivity contribution in [3.8, 4) is 0 Å². The fraction of sp³-hybridized carbons (Fsp3) is 0.533. The first-order valence-electron chi connectivity index (χ1n) is 6.96. The third-order valence-corrected chi connectivity index (χ3v) is 4.34. The number of hydrogen-bond acceptors (Lipinski definition) is 4. The van der Waals surface area contributed by atoms with Crippen molar-refractivity contribution in [2.24, 2.45) is 5.73 Å². The van der Waals surface area contributed by atoms with Crippen LogP contribution in [0.15, 0.2) is 18.2 Å². The molecule has 7 heteroatoms. The van der Waals surface area contributed by atoms with Gasteiger partial charge in [-0.1, -0.05) is 6.07 Å². The number of benzene rings is 1. The lowest BCUT2D eigenvalue weighted by Gasteiger charge is -2.31. The first-order chi connectivity index (χ1) is 10.0. The summed E-state index contributed by atoms with van der Waals surface area (Å²) in [5.41, 5.74) is 7.11. The molecule has 124 valence electrons. The minimum Gasteiger partial charge on any atom is -0.381 e. The van der Waals surface area contributed by atoms with Gasteiger partial charge in [0.2, 0.25) is 5.91 Å². The average molecular weight is 349 g/mol. The van der Waals surface area contributed by atoms with Gasteiger partial charge in [-0.15, -0.1) is 12.4 Å². The van der Waals surface area contributed by atoms with E-state index in [1.54, 1.807) is 17.8 Å². The molecule has 1 fully saturated rings. The van der Waals surface area contributed by atoms with E-state index < -0.39 is 5.54 Å². The molecule has 1 heterocycles. The smallest absolute Gasteiger partial charge is 0.240 e. The fourth-order valence-corrected chi connectivity index (χ4v) is 2.95. The van der Waals surface area contributed by atoms with Gasteiger partial charge in [-0.25, -0.2) is 4.39 Å². The Labute approximate surface area is 140 Å². The fourth-order valence-electron chi connectivity index (χ4n) is 2.37. The van der Waals surface area contributed by atoms with Crippen LogP contribution in [0.25, 0.3) is 0 Å². The summed E-state index contributed by atoms with van der Waals surface area (Å²) in [6.45, 7) is 1.39. The molecule has 0 saturated carbocycles. The third kappa shape index (κ3) is 4.84. The number of rotatable bonds is 5. The normalized spacial score (nSPS) is 16.7. The molecule has 3 N–H and O–H groups in total. The van der Waals surface area contributed by atoms with Crippen molar-refractivity contribution < 1.29 is 13.9 Å². The summed E-state index contributed by atoms with van der Waals surface area (Å²) < 4.78 is 18.5. The van der Waals surface area contributed by atoms with Crippen LogP contribution in [0.3, 0.4) is 0 Å². The Morgan fingerprint density at radius 3 is 2.73 bits per heavy atom. The Hall–Kier alpha value is -0.820. The Morgan fingerprint density at radius 1 is 1.41 bits per heavy atom. The highest BCUT2D eigenvalue weighted by Gasteiger charge is 2.35. The largest absolute Gasteiger partial charge is 0.381 e. The molecule has 4 nitrogen and oxygen atoms in total. The highest BCUT2D eigenvalue weighted by molar-refractivity contribution is 7.97. The highest BCUT2D eigenvalue weighted by Crippen LogP contribution is 2.19. The van der Waals surface area contributed by atoms with Crippen LogP contribution in [0, 0.1) is 5.82 Å². The van der Waals surface area contributed by atoms with Gasteiger partial charge in [0.1, 0.15) is 5.82 Å². The van der Waals surface area contributed by atoms with Crippen LogP contribution in [0.4, 0.5) is 4.39 Å². The Balaban J connectivity index is 0.00000242. The van der Waals surface area contributed by atoms with E-state index in [2.05, 4.69) is 5.32 Å². The molecular weight excluding hydrogens is 327 g/mol. The average Bonchev–Trinajstić information content (AvgIpc) is 2.47. The van der Waals surface area contributed by atoms with Gasteiger partial charge < -0.3 is 15.8 Å². The molecule has 0 spiro atoms. The van der Waals surface area contributed by atoms with Gasteiger partial charge in [0.05, 0.1) is 5.54 Å². The van der Waals surface area contributed by atoms with Crippen molar-refractivity contribution in [2.75, 3.05) is 19.5 Å². The summed E-state index contributed by atoms with van der Waals surface area (Å²) in [6, 6.07) is 4.65. The first kappa shape index (κ1) is 19.2. The predicted molar refractivity (Wildman–Crippen MR) is 89.7 cm³/mol. The topological polar surface area (TPSA) is 64.4 Å². The number of carbonyl (C=O) groups excluding carboxylic acids is 1. The van der Waals surface area contributed by atoms with E-state index in [0.29, 0.717) is 38.4 Å². The lowest BCUT2D eigenvalue weighted by molar-refractivity contribution is -0.129. The lowest BCUT2D eigenvalue weighted by atomic mass is 9.90. The van der Waals surface area contributed by atoms with Crippen molar-refractivity contribution in [3.63, 3.8) is 0 Å². The predicted octanol–water partition coefficient (Wildman–Crippen LogP) is 2.23. The monoisotopic (exact) mass is 348 g/mol. The third-order valence-electron chi connectivity index (χ3n) is 3.74. The lowest BCUT2D eigenvalue weighted by Crippen LogP contribution is -2.56. The number of nitrogens with one attached hydrogen (secondary N) is 1. The van der Waals surface area contributed by atoms with Crippen molar-refractivity contribution in [2.45, 2.75) is 30.7 Å². The maximum absolute atomic E-state index is 13.3. The van der Waals surface area contributed by atoms with Gasteiger partial charge in [0, 0.05) is 25.5 Å². The molecule has 22 heavy (non-hydrogen) atoms. The van der Waals surface area contributed by atoms with Gasteiger partial charge in [-0.3, -0.25) is 4.79 Å². The second-order valence-corrected chi connectivity index (χ2v) is 6.16. The van der Waals surface area contributed by atoms with Crippen LogP contribution in [0.2, 0.25) is 0 Å². The molecule has 0 bridgehead atoms. The molecule has 2 rings (SSSR count). The van der Waals surface area contributed by atoms with Crippen molar-refractivity contribution in [1.82, 2.24) is 5.32 Å². The zero-order valence-electron chi connectivity index (χ0n) is 12.6. The van der Waals surface area contributed by atoms with Crippen molar-refractivity contribution in [3.05, 3.63) is 35.1 Å². The van der Waals surface area contributed by atoms with Crippen LogP contribution in [-0.2, 0) is 21.8 Å². The summed E-state index contributed by atoms with van der Waals surface area (Å²) in [4.78, 5) is 12.3. The standard InChI is InChI=1S/C15H21FN2O2S.ClH/c1-21-10-12-8-13(16)3-2-11(12)9-18-14(19)15(17)4-6-20-7-5-15;/h2-3,8H,4-7,9-10,17H2,1H3,(H,18,19);1H. The van der Waals surface area contributed by atoms with Gasteiger partial charge in [-0.05, 0) is 42.4 Å². The number of thioether (sulfide) groups is 1. The summed E-state index contributed by atoms with van der Waals surface area (Å²) in [5, 5.41) is 2.88. The Bertz CT molecular complexity index is 510. The molecule has 1 aliphatic heterocycles. The summed E-state index contributed by atoms with van der Waals surface area (Å²) >= 11 is 1.62. The highest BCUT2D eigenvalue weighted by atomic mass is 35.5. The molecule has 0 atom stereocenters. The number of hydrogen-bond donors (Lipinski definition) is 2. The number of carbonyl (C=O) groups is 1. The number of nitrogens with two attached hydrogens (primary N) is 1. The van der Waals surface area contributed by atoms with E-state index in [4.69, 9.17) is 10.5 Å². The number of halogens is 2. The zero-order chi connectivity index (χ0) is 15.3. The van der Waals surface area contributed by atoms with Crippen LogP contribution >= 0.6 is 24.2 Å². The van der Waals surface area contributed by atoms with E-state index in [1.165, 1.54) is 12.1 Å². The van der Waals surface area contributed by atoms with Crippen LogP contribution in [0.1, 0.15) is 24.0 Å². The molecule has 0 aromatic heterocycles. The number of amides is 1. The van der Waals surface area contributed by atoms with Gasteiger partial charge in [0.15, 0.2) is 0 Å². The van der Waals surface area contributed by atoms with Gasteiger partial charge in [0.25, 0.3) is 0 Å². The van der Waals surface area contributed by atoms with Gasteiger partial charge in [-0.2, -0.15) is 11.8 Å². The SMILES string of the molecule is CSCc1cc(F)ccc1CNC(=O)C1(N)CCOCC1.Cl. The molecule has 1 aromatic carbocycles. The quantitative estimate of drug-likeness (QED) is 0.856. The summed E-state index contributed by atoms with van der Waals surface area (Å²) in [7, 11) is 0. The molecule has 1 saturated heterocycles. The second kappa shape index (κ2) is 8.72. The molecule has 0 radical (unpaired) electrons.